The zero-order chi connectivity index (χ0) is 15.2. The standard InChI is InChI=1S/C16H27FN2O/c1-5-9-19(12-16(2,3)11-18)10-13-7-6-8-14(20-4)15(13)17/h6-8H,5,9-12,18H2,1-4H3. The summed E-state index contributed by atoms with van der Waals surface area (Å²) in [7, 11) is 1.49. The highest BCUT2D eigenvalue weighted by Gasteiger charge is 2.21. The Balaban J connectivity index is 2.85. The normalized spacial score (nSPS) is 11.9. The first-order chi connectivity index (χ1) is 9.43. The minimum Gasteiger partial charge on any atom is -0.494 e. The lowest BCUT2D eigenvalue weighted by Crippen LogP contribution is -2.39. The van der Waals surface area contributed by atoms with Crippen molar-refractivity contribution in [1.29, 1.82) is 0 Å². The van der Waals surface area contributed by atoms with E-state index in [0.717, 1.165) is 19.5 Å². The molecule has 0 fully saturated rings. The first-order valence-electron chi connectivity index (χ1n) is 7.17. The van der Waals surface area contributed by atoms with Crippen LogP contribution >= 0.6 is 0 Å². The molecule has 4 heteroatoms. The summed E-state index contributed by atoms with van der Waals surface area (Å²) < 4.78 is 19.2. The van der Waals surface area contributed by atoms with E-state index in [4.69, 9.17) is 10.5 Å². The smallest absolute Gasteiger partial charge is 0.169 e. The summed E-state index contributed by atoms with van der Waals surface area (Å²) in [5.41, 5.74) is 6.50. The molecule has 1 rings (SSSR count). The third kappa shape index (κ3) is 4.76. The van der Waals surface area contributed by atoms with Crippen LogP contribution in [-0.4, -0.2) is 31.6 Å². The lowest BCUT2D eigenvalue weighted by molar-refractivity contribution is 0.174. The van der Waals surface area contributed by atoms with Crippen LogP contribution in [0.4, 0.5) is 4.39 Å². The van der Waals surface area contributed by atoms with Crippen molar-refractivity contribution in [3.05, 3.63) is 29.6 Å². The van der Waals surface area contributed by atoms with E-state index in [0.29, 0.717) is 24.4 Å². The maximum atomic E-state index is 14.2. The zero-order valence-electron chi connectivity index (χ0n) is 13.1. The van der Waals surface area contributed by atoms with Crippen LogP contribution in [0, 0.1) is 11.2 Å². The van der Waals surface area contributed by atoms with Crippen molar-refractivity contribution in [3.8, 4) is 5.75 Å². The predicted octanol–water partition coefficient (Wildman–Crippen LogP) is 3.03. The molecule has 0 saturated carbocycles. The molecule has 0 aliphatic heterocycles. The Labute approximate surface area is 121 Å². The Morgan fingerprint density at radius 1 is 1.35 bits per heavy atom. The lowest BCUT2D eigenvalue weighted by Gasteiger charge is -2.31. The SMILES string of the molecule is CCCN(Cc1cccc(OC)c1F)CC(C)(C)CN. The Hall–Kier alpha value is -1.13. The second-order valence-electron chi connectivity index (χ2n) is 6.01. The first kappa shape index (κ1) is 16.9. The summed E-state index contributed by atoms with van der Waals surface area (Å²) >= 11 is 0. The summed E-state index contributed by atoms with van der Waals surface area (Å²) in [5.74, 6) is 0.0405. The third-order valence-corrected chi connectivity index (χ3v) is 3.40. The van der Waals surface area contributed by atoms with E-state index in [1.165, 1.54) is 7.11 Å². The molecule has 0 spiro atoms. The fourth-order valence-electron chi connectivity index (χ4n) is 2.28. The molecule has 0 saturated heterocycles. The lowest BCUT2D eigenvalue weighted by atomic mass is 9.93. The number of hydrogen-bond donors (Lipinski definition) is 1. The van der Waals surface area contributed by atoms with E-state index in [9.17, 15) is 4.39 Å². The van der Waals surface area contributed by atoms with Crippen molar-refractivity contribution in [1.82, 2.24) is 4.90 Å². The first-order valence-corrected chi connectivity index (χ1v) is 7.17. The highest BCUT2D eigenvalue weighted by Crippen LogP contribution is 2.23. The molecule has 0 aliphatic carbocycles. The molecule has 114 valence electrons. The molecule has 0 aromatic heterocycles. The largest absolute Gasteiger partial charge is 0.494 e. The van der Waals surface area contributed by atoms with Gasteiger partial charge in [-0.25, -0.2) is 4.39 Å². The summed E-state index contributed by atoms with van der Waals surface area (Å²) in [6.45, 7) is 9.39. The van der Waals surface area contributed by atoms with Gasteiger partial charge in [-0.05, 0) is 31.0 Å². The van der Waals surface area contributed by atoms with Crippen molar-refractivity contribution in [2.75, 3.05) is 26.7 Å². The highest BCUT2D eigenvalue weighted by molar-refractivity contribution is 5.31. The van der Waals surface area contributed by atoms with Crippen LogP contribution < -0.4 is 10.5 Å². The van der Waals surface area contributed by atoms with Gasteiger partial charge in [0.2, 0.25) is 0 Å². The number of nitrogens with two attached hydrogens (primary N) is 1. The summed E-state index contributed by atoms with van der Waals surface area (Å²) in [5, 5.41) is 0. The molecule has 0 amide bonds. The van der Waals surface area contributed by atoms with Crippen LogP contribution in [0.1, 0.15) is 32.8 Å². The molecule has 0 heterocycles. The van der Waals surface area contributed by atoms with Gasteiger partial charge in [-0.2, -0.15) is 0 Å². The average Bonchev–Trinajstić information content (AvgIpc) is 2.41. The molecule has 0 atom stereocenters. The van der Waals surface area contributed by atoms with E-state index in [-0.39, 0.29) is 11.2 Å². The van der Waals surface area contributed by atoms with Gasteiger partial charge in [-0.15, -0.1) is 0 Å². The van der Waals surface area contributed by atoms with Crippen molar-refractivity contribution in [3.63, 3.8) is 0 Å². The molecular formula is C16H27FN2O. The van der Waals surface area contributed by atoms with Crippen LogP contribution in [0.3, 0.4) is 0 Å². The van der Waals surface area contributed by atoms with E-state index >= 15 is 0 Å². The molecule has 0 aliphatic rings. The van der Waals surface area contributed by atoms with Gasteiger partial charge >= 0.3 is 0 Å². The Kier molecular flexibility index (Phi) is 6.43. The van der Waals surface area contributed by atoms with Gasteiger partial charge in [0.25, 0.3) is 0 Å². The van der Waals surface area contributed by atoms with Gasteiger partial charge in [-0.1, -0.05) is 32.9 Å². The van der Waals surface area contributed by atoms with Gasteiger partial charge in [0.15, 0.2) is 11.6 Å². The zero-order valence-corrected chi connectivity index (χ0v) is 13.1. The Morgan fingerprint density at radius 3 is 2.60 bits per heavy atom. The number of ether oxygens (including phenoxy) is 1. The maximum absolute atomic E-state index is 14.2. The molecule has 0 radical (unpaired) electrons. The van der Waals surface area contributed by atoms with Crippen LogP contribution in [0.2, 0.25) is 0 Å². The third-order valence-electron chi connectivity index (χ3n) is 3.40. The molecule has 20 heavy (non-hydrogen) atoms. The number of methoxy groups -OCH3 is 1. The van der Waals surface area contributed by atoms with Gasteiger partial charge in [-0.3, -0.25) is 4.90 Å². The molecule has 1 aromatic carbocycles. The molecule has 1 aromatic rings. The van der Waals surface area contributed by atoms with Gasteiger partial charge in [0.05, 0.1) is 7.11 Å². The monoisotopic (exact) mass is 282 g/mol. The highest BCUT2D eigenvalue weighted by atomic mass is 19.1. The second kappa shape index (κ2) is 7.60. The van der Waals surface area contributed by atoms with Gasteiger partial charge in [0, 0.05) is 18.7 Å². The minimum atomic E-state index is -0.262. The van der Waals surface area contributed by atoms with E-state index in [2.05, 4.69) is 25.7 Å². The van der Waals surface area contributed by atoms with Crippen LogP contribution in [-0.2, 0) is 6.54 Å². The van der Waals surface area contributed by atoms with E-state index in [1.807, 2.05) is 12.1 Å². The van der Waals surface area contributed by atoms with Crippen LogP contribution in [0.25, 0.3) is 0 Å². The molecule has 0 bridgehead atoms. The molecule has 0 unspecified atom stereocenters. The quantitative estimate of drug-likeness (QED) is 0.796. The number of benzene rings is 1. The summed E-state index contributed by atoms with van der Waals surface area (Å²) in [4.78, 5) is 2.25. The van der Waals surface area contributed by atoms with Crippen molar-refractivity contribution in [2.45, 2.75) is 33.7 Å². The summed E-state index contributed by atoms with van der Waals surface area (Å²) in [6, 6.07) is 5.29. The number of halogens is 1. The number of rotatable bonds is 8. The van der Waals surface area contributed by atoms with Crippen molar-refractivity contribution < 1.29 is 9.13 Å². The van der Waals surface area contributed by atoms with Gasteiger partial charge < -0.3 is 10.5 Å². The fraction of sp³-hybridized carbons (Fsp3) is 0.625. The van der Waals surface area contributed by atoms with Crippen molar-refractivity contribution >= 4 is 0 Å². The average molecular weight is 282 g/mol. The van der Waals surface area contributed by atoms with Crippen LogP contribution in [0.5, 0.6) is 5.75 Å². The van der Waals surface area contributed by atoms with E-state index in [1.54, 1.807) is 6.07 Å². The van der Waals surface area contributed by atoms with E-state index < -0.39 is 0 Å². The summed E-state index contributed by atoms with van der Waals surface area (Å²) in [6.07, 6.45) is 1.03. The molecular weight excluding hydrogens is 255 g/mol. The second-order valence-corrected chi connectivity index (χ2v) is 6.01. The Morgan fingerprint density at radius 2 is 2.05 bits per heavy atom. The molecule has 3 nitrogen and oxygen atoms in total. The molecule has 2 N–H and O–H groups in total. The topological polar surface area (TPSA) is 38.5 Å². The van der Waals surface area contributed by atoms with Crippen LogP contribution in [0.15, 0.2) is 18.2 Å². The maximum Gasteiger partial charge on any atom is 0.169 e. The minimum absolute atomic E-state index is 0.0323. The van der Waals surface area contributed by atoms with Gasteiger partial charge in [0.1, 0.15) is 0 Å². The van der Waals surface area contributed by atoms with Crippen molar-refractivity contribution in [2.24, 2.45) is 11.1 Å². The number of nitrogens with zero attached hydrogens (tertiary/aromatic N) is 1. The number of hydrogen-bond acceptors (Lipinski definition) is 3. The predicted molar refractivity (Wildman–Crippen MR) is 81.4 cm³/mol. The Bertz CT molecular complexity index is 421. The fourth-order valence-corrected chi connectivity index (χ4v) is 2.28.